The van der Waals surface area contributed by atoms with Crippen LogP contribution in [0.5, 0.6) is 0 Å². The zero-order chi connectivity index (χ0) is 23.3. The van der Waals surface area contributed by atoms with Crippen LogP contribution in [0, 0.1) is 13.8 Å². The average molecular weight is 433 g/mol. The van der Waals surface area contributed by atoms with Crippen LogP contribution in [0.1, 0.15) is 32.1 Å². The number of para-hydroxylation sites is 1. The van der Waals surface area contributed by atoms with Gasteiger partial charge in [0.25, 0.3) is 0 Å². The summed E-state index contributed by atoms with van der Waals surface area (Å²) in [5, 5.41) is 0.883. The second-order valence-electron chi connectivity index (χ2n) is 7.62. The van der Waals surface area contributed by atoms with Gasteiger partial charge in [0.2, 0.25) is 5.43 Å². The molecule has 0 amide bonds. The molecular formula is C24H23N3O5. The van der Waals surface area contributed by atoms with Crippen molar-refractivity contribution in [3.63, 3.8) is 0 Å². The summed E-state index contributed by atoms with van der Waals surface area (Å²) >= 11 is 0. The van der Waals surface area contributed by atoms with E-state index in [-0.39, 0.29) is 22.1 Å². The molecule has 8 heteroatoms. The van der Waals surface area contributed by atoms with Gasteiger partial charge in [0.1, 0.15) is 5.52 Å². The van der Waals surface area contributed by atoms with Gasteiger partial charge >= 0.3 is 11.9 Å². The minimum absolute atomic E-state index is 0.119. The van der Waals surface area contributed by atoms with Crippen LogP contribution in [-0.4, -0.2) is 40.3 Å². The van der Waals surface area contributed by atoms with E-state index in [1.807, 2.05) is 40.4 Å². The Morgan fingerprint density at radius 1 is 0.875 bits per heavy atom. The number of hydrogen-bond donors (Lipinski definition) is 0. The zero-order valence-corrected chi connectivity index (χ0v) is 18.8. The first-order valence-electron chi connectivity index (χ1n) is 9.98. The van der Waals surface area contributed by atoms with Crippen LogP contribution in [0.25, 0.3) is 33.2 Å². The molecule has 32 heavy (non-hydrogen) atoms. The van der Waals surface area contributed by atoms with E-state index >= 15 is 0 Å². The lowest BCUT2D eigenvalue weighted by Crippen LogP contribution is -2.19. The van der Waals surface area contributed by atoms with Crippen LogP contribution in [0.2, 0.25) is 0 Å². The SMILES string of the molecule is COC(=O)c1c(C)nc(C)c(C(=O)OC)c1-c1cc(=O)c2c(c3ccccc3n2C)n1C. The summed E-state index contributed by atoms with van der Waals surface area (Å²) in [6.45, 7) is 3.33. The van der Waals surface area contributed by atoms with Crippen molar-refractivity contribution in [3.8, 4) is 11.3 Å². The molecule has 3 heterocycles. The first kappa shape index (κ1) is 21.3. The van der Waals surface area contributed by atoms with Gasteiger partial charge in [-0.05, 0) is 19.9 Å². The Morgan fingerprint density at radius 2 is 1.44 bits per heavy atom. The Balaban J connectivity index is 2.26. The van der Waals surface area contributed by atoms with E-state index in [2.05, 4.69) is 4.98 Å². The monoisotopic (exact) mass is 433 g/mol. The number of esters is 2. The standard InChI is InChI=1S/C24H23N3O5/c1-12-18(23(29)31-5)20(19(13(2)25-12)24(30)32-6)16-11-17(28)22-21(27(16)4)14-9-7-8-10-15(14)26(22)3/h7-11H,1-6H3. The van der Waals surface area contributed by atoms with Crippen molar-refractivity contribution in [2.45, 2.75) is 13.8 Å². The fourth-order valence-electron chi connectivity index (χ4n) is 4.45. The predicted octanol–water partition coefficient (Wildman–Crippen LogP) is 3.28. The lowest BCUT2D eigenvalue weighted by molar-refractivity contribution is 0.0599. The molecule has 0 aliphatic heterocycles. The summed E-state index contributed by atoms with van der Waals surface area (Å²) in [7, 11) is 6.16. The summed E-state index contributed by atoms with van der Waals surface area (Å²) in [4.78, 5) is 43.2. The average Bonchev–Trinajstić information content (AvgIpc) is 3.08. The van der Waals surface area contributed by atoms with Crippen LogP contribution in [0.3, 0.4) is 0 Å². The summed E-state index contributed by atoms with van der Waals surface area (Å²) in [6, 6.07) is 9.13. The van der Waals surface area contributed by atoms with Gasteiger partial charge in [-0.2, -0.15) is 0 Å². The normalized spacial score (nSPS) is 11.2. The molecule has 4 aromatic rings. The first-order chi connectivity index (χ1) is 15.2. The Bertz CT molecular complexity index is 1450. The lowest BCUT2D eigenvalue weighted by Gasteiger charge is -2.19. The van der Waals surface area contributed by atoms with Crippen LogP contribution < -0.4 is 5.43 Å². The first-order valence-corrected chi connectivity index (χ1v) is 9.98. The molecule has 0 fully saturated rings. The van der Waals surface area contributed by atoms with Crippen LogP contribution in [-0.2, 0) is 23.6 Å². The molecule has 8 nitrogen and oxygen atoms in total. The highest BCUT2D eigenvalue weighted by molar-refractivity contribution is 6.10. The molecule has 0 bridgehead atoms. The fourth-order valence-corrected chi connectivity index (χ4v) is 4.45. The van der Waals surface area contributed by atoms with Crippen molar-refractivity contribution < 1.29 is 19.1 Å². The molecule has 0 aliphatic rings. The maximum Gasteiger partial charge on any atom is 0.340 e. The molecule has 0 radical (unpaired) electrons. The van der Waals surface area contributed by atoms with E-state index in [1.165, 1.54) is 20.3 Å². The quantitative estimate of drug-likeness (QED) is 0.461. The van der Waals surface area contributed by atoms with E-state index in [0.717, 1.165) is 10.9 Å². The Labute approximate surface area is 184 Å². The van der Waals surface area contributed by atoms with Crippen LogP contribution in [0.4, 0.5) is 0 Å². The minimum Gasteiger partial charge on any atom is -0.465 e. The molecule has 0 aliphatic carbocycles. The lowest BCUT2D eigenvalue weighted by atomic mass is 9.94. The number of hydrogen-bond acceptors (Lipinski definition) is 6. The second kappa shape index (κ2) is 7.64. The Morgan fingerprint density at radius 3 is 2.00 bits per heavy atom. The molecular weight excluding hydrogens is 410 g/mol. The molecule has 4 rings (SSSR count). The fraction of sp³-hybridized carbons (Fsp3) is 0.250. The Hall–Kier alpha value is -3.94. The molecule has 1 aromatic carbocycles. The van der Waals surface area contributed by atoms with Crippen molar-refractivity contribution in [2.24, 2.45) is 14.1 Å². The number of nitrogens with zero attached hydrogens (tertiary/aromatic N) is 3. The van der Waals surface area contributed by atoms with Crippen molar-refractivity contribution >= 4 is 33.9 Å². The van der Waals surface area contributed by atoms with Gasteiger partial charge in [-0.15, -0.1) is 0 Å². The molecule has 0 N–H and O–H groups in total. The number of pyridine rings is 2. The van der Waals surface area contributed by atoms with Gasteiger partial charge in [0.05, 0.1) is 53.5 Å². The van der Waals surface area contributed by atoms with Gasteiger partial charge in [-0.3, -0.25) is 9.78 Å². The summed E-state index contributed by atoms with van der Waals surface area (Å²) in [5.74, 6) is -1.30. The number of aryl methyl sites for hydroxylation is 4. The van der Waals surface area contributed by atoms with E-state index in [0.29, 0.717) is 28.1 Å². The number of ether oxygens (including phenoxy) is 2. The molecule has 164 valence electrons. The van der Waals surface area contributed by atoms with E-state index < -0.39 is 11.9 Å². The number of methoxy groups -OCH3 is 2. The predicted molar refractivity (Wildman–Crippen MR) is 121 cm³/mol. The number of carbonyl (C=O) groups is 2. The van der Waals surface area contributed by atoms with Crippen molar-refractivity contribution in [2.75, 3.05) is 14.2 Å². The molecule has 0 atom stereocenters. The molecule has 0 saturated carbocycles. The second-order valence-corrected chi connectivity index (χ2v) is 7.62. The maximum absolute atomic E-state index is 13.3. The van der Waals surface area contributed by atoms with Crippen LogP contribution >= 0.6 is 0 Å². The Kier molecular flexibility index (Phi) is 5.08. The number of benzene rings is 1. The van der Waals surface area contributed by atoms with Gasteiger partial charge in [0.15, 0.2) is 0 Å². The number of aromatic nitrogens is 3. The third-order valence-corrected chi connectivity index (χ3v) is 5.87. The molecule has 3 aromatic heterocycles. The maximum atomic E-state index is 13.3. The van der Waals surface area contributed by atoms with Gasteiger partial charge in [-0.25, -0.2) is 9.59 Å². The highest BCUT2D eigenvalue weighted by Gasteiger charge is 2.29. The third-order valence-electron chi connectivity index (χ3n) is 5.87. The van der Waals surface area contributed by atoms with E-state index in [9.17, 15) is 14.4 Å². The molecule has 0 spiro atoms. The van der Waals surface area contributed by atoms with Crippen molar-refractivity contribution in [3.05, 3.63) is 63.1 Å². The topological polar surface area (TPSA) is 92.4 Å². The third kappa shape index (κ3) is 2.90. The highest BCUT2D eigenvalue weighted by atomic mass is 16.5. The zero-order valence-electron chi connectivity index (χ0n) is 18.8. The number of carbonyl (C=O) groups excluding carboxylic acids is 2. The molecule has 0 unspecified atom stereocenters. The van der Waals surface area contributed by atoms with Crippen molar-refractivity contribution in [1.29, 1.82) is 0 Å². The van der Waals surface area contributed by atoms with Gasteiger partial charge in [0, 0.05) is 31.1 Å². The summed E-state index contributed by atoms with van der Waals surface area (Å²) < 4.78 is 13.7. The smallest absolute Gasteiger partial charge is 0.340 e. The number of fused-ring (bicyclic) bond motifs is 3. The van der Waals surface area contributed by atoms with E-state index in [1.54, 1.807) is 20.9 Å². The van der Waals surface area contributed by atoms with E-state index in [4.69, 9.17) is 9.47 Å². The number of rotatable bonds is 3. The van der Waals surface area contributed by atoms with Crippen molar-refractivity contribution in [1.82, 2.24) is 14.1 Å². The van der Waals surface area contributed by atoms with Gasteiger partial charge < -0.3 is 18.6 Å². The van der Waals surface area contributed by atoms with Crippen LogP contribution in [0.15, 0.2) is 35.1 Å². The summed E-state index contributed by atoms with van der Waals surface area (Å²) in [6.07, 6.45) is 0. The molecule has 0 saturated heterocycles. The highest BCUT2D eigenvalue weighted by Crippen LogP contribution is 2.35. The summed E-state index contributed by atoms with van der Waals surface area (Å²) in [5.41, 5.74) is 3.58. The van der Waals surface area contributed by atoms with Gasteiger partial charge in [-0.1, -0.05) is 18.2 Å². The minimum atomic E-state index is -0.652. The largest absolute Gasteiger partial charge is 0.465 e.